The normalized spacial score (nSPS) is 18.3. The molecule has 0 aromatic carbocycles. The van der Waals surface area contributed by atoms with Crippen molar-refractivity contribution in [3.05, 3.63) is 29.5 Å². The van der Waals surface area contributed by atoms with Crippen molar-refractivity contribution in [2.45, 2.75) is 72.0 Å². The van der Waals surface area contributed by atoms with E-state index in [2.05, 4.69) is 10.3 Å². The maximum Gasteiger partial charge on any atom is 0.410 e. The second kappa shape index (κ2) is 8.56. The van der Waals surface area contributed by atoms with Gasteiger partial charge in [-0.05, 0) is 84.1 Å². The minimum absolute atomic E-state index is 0.0571. The van der Waals surface area contributed by atoms with Crippen molar-refractivity contribution < 1.29 is 23.9 Å². The molecule has 0 aliphatic carbocycles. The van der Waals surface area contributed by atoms with Gasteiger partial charge in [-0.3, -0.25) is 4.79 Å². The number of rotatable bonds is 2. The molecular formula is C24H33N3O5. The van der Waals surface area contributed by atoms with Gasteiger partial charge in [0.25, 0.3) is 0 Å². The van der Waals surface area contributed by atoms with Crippen LogP contribution in [0.2, 0.25) is 0 Å². The van der Waals surface area contributed by atoms with Crippen molar-refractivity contribution >= 4 is 29.9 Å². The van der Waals surface area contributed by atoms with Gasteiger partial charge in [0.1, 0.15) is 17.0 Å². The number of piperidine rings is 1. The lowest BCUT2D eigenvalue weighted by Crippen LogP contribution is -2.51. The van der Waals surface area contributed by atoms with Crippen LogP contribution in [0.5, 0.6) is 0 Å². The summed E-state index contributed by atoms with van der Waals surface area (Å²) in [5.41, 5.74) is -0.0164. The first-order valence-corrected chi connectivity index (χ1v) is 11.0. The Morgan fingerprint density at radius 2 is 1.72 bits per heavy atom. The molecule has 174 valence electrons. The molecule has 0 bridgehead atoms. The molecule has 3 rings (SSSR count). The molecule has 1 spiro atoms. The minimum Gasteiger partial charge on any atom is -0.457 e. The summed E-state index contributed by atoms with van der Waals surface area (Å²) in [6.07, 6.45) is 5.95. The first kappa shape index (κ1) is 23.8. The van der Waals surface area contributed by atoms with Gasteiger partial charge in [-0.15, -0.1) is 0 Å². The highest BCUT2D eigenvalue weighted by Gasteiger charge is 2.46. The van der Waals surface area contributed by atoms with Gasteiger partial charge in [0.05, 0.1) is 5.41 Å². The molecule has 0 radical (unpaired) electrons. The van der Waals surface area contributed by atoms with E-state index in [1.165, 1.54) is 6.08 Å². The van der Waals surface area contributed by atoms with Crippen molar-refractivity contribution in [3.63, 3.8) is 0 Å². The number of pyridine rings is 1. The Hall–Kier alpha value is -2.90. The van der Waals surface area contributed by atoms with Gasteiger partial charge in [0, 0.05) is 25.4 Å². The van der Waals surface area contributed by atoms with Gasteiger partial charge in [-0.25, -0.2) is 14.6 Å². The highest BCUT2D eigenvalue weighted by Crippen LogP contribution is 2.41. The standard InChI is InChI=1S/C24H33N3O5/c1-22(2,3)31-18(28)8-7-16-13-17-14-24(20(29)26-19(17)25-15-16)9-11-27(12-10-24)21(30)32-23(4,5)6/h7-8,13,15H,9-12,14H2,1-6H3,(H,25,26,29). The van der Waals surface area contributed by atoms with Crippen LogP contribution in [0.4, 0.5) is 10.6 Å². The van der Waals surface area contributed by atoms with Gasteiger partial charge < -0.3 is 19.7 Å². The lowest BCUT2D eigenvalue weighted by molar-refractivity contribution is -0.148. The Balaban J connectivity index is 1.69. The monoisotopic (exact) mass is 443 g/mol. The van der Waals surface area contributed by atoms with Gasteiger partial charge in [0.15, 0.2) is 0 Å². The number of ether oxygens (including phenoxy) is 2. The molecule has 0 atom stereocenters. The molecule has 3 heterocycles. The predicted octanol–water partition coefficient (Wildman–Crippen LogP) is 3.95. The number of anilines is 1. The van der Waals surface area contributed by atoms with E-state index in [4.69, 9.17) is 9.47 Å². The number of amides is 2. The summed E-state index contributed by atoms with van der Waals surface area (Å²) in [4.78, 5) is 43.3. The highest BCUT2D eigenvalue weighted by molar-refractivity contribution is 5.98. The topological polar surface area (TPSA) is 97.8 Å². The summed E-state index contributed by atoms with van der Waals surface area (Å²) in [7, 11) is 0. The molecular weight excluding hydrogens is 410 g/mol. The lowest BCUT2D eigenvalue weighted by atomic mass is 9.71. The summed E-state index contributed by atoms with van der Waals surface area (Å²) < 4.78 is 10.7. The Morgan fingerprint density at radius 1 is 1.09 bits per heavy atom. The zero-order valence-corrected chi connectivity index (χ0v) is 19.8. The van der Waals surface area contributed by atoms with Crippen molar-refractivity contribution in [1.29, 1.82) is 0 Å². The Labute approximate surface area is 189 Å². The first-order valence-electron chi connectivity index (χ1n) is 11.0. The molecule has 8 nitrogen and oxygen atoms in total. The number of hydrogen-bond donors (Lipinski definition) is 1. The Morgan fingerprint density at radius 3 is 2.31 bits per heavy atom. The third-order valence-corrected chi connectivity index (χ3v) is 5.42. The fourth-order valence-electron chi connectivity index (χ4n) is 3.90. The highest BCUT2D eigenvalue weighted by atomic mass is 16.6. The summed E-state index contributed by atoms with van der Waals surface area (Å²) in [5.74, 6) is 0.0671. The Kier molecular flexibility index (Phi) is 6.36. The number of nitrogens with one attached hydrogen (secondary N) is 1. The third kappa shape index (κ3) is 5.87. The predicted molar refractivity (Wildman–Crippen MR) is 121 cm³/mol. The van der Waals surface area contributed by atoms with Crippen LogP contribution in [0.25, 0.3) is 6.08 Å². The molecule has 8 heteroatoms. The van der Waals surface area contributed by atoms with Crippen LogP contribution in [0.3, 0.4) is 0 Å². The molecule has 1 fully saturated rings. The van der Waals surface area contributed by atoms with Gasteiger partial charge in [-0.2, -0.15) is 0 Å². The number of carbonyl (C=O) groups is 3. The maximum absolute atomic E-state index is 12.9. The average Bonchev–Trinajstić information content (AvgIpc) is 2.65. The number of carbonyl (C=O) groups excluding carboxylic acids is 3. The van der Waals surface area contributed by atoms with Gasteiger partial charge in [0.2, 0.25) is 5.91 Å². The van der Waals surface area contributed by atoms with Crippen molar-refractivity contribution in [2.75, 3.05) is 18.4 Å². The fraction of sp³-hybridized carbons (Fsp3) is 0.583. The SMILES string of the molecule is CC(C)(C)OC(=O)C=Cc1cnc2c(c1)CC1(CCN(C(=O)OC(C)(C)C)CC1)C(=O)N2. The molecule has 2 amide bonds. The van der Waals surface area contributed by atoms with E-state index >= 15 is 0 Å². The average molecular weight is 444 g/mol. The summed E-state index contributed by atoms with van der Waals surface area (Å²) in [6, 6.07) is 1.94. The van der Waals surface area contributed by atoms with E-state index in [9.17, 15) is 14.4 Å². The molecule has 32 heavy (non-hydrogen) atoms. The molecule has 1 aromatic rings. The quantitative estimate of drug-likeness (QED) is 0.549. The molecule has 1 N–H and O–H groups in total. The van der Waals surface area contributed by atoms with E-state index in [-0.39, 0.29) is 12.0 Å². The summed E-state index contributed by atoms with van der Waals surface area (Å²) in [6.45, 7) is 11.9. The van der Waals surface area contributed by atoms with Gasteiger partial charge in [-0.1, -0.05) is 0 Å². The minimum atomic E-state index is -0.583. The summed E-state index contributed by atoms with van der Waals surface area (Å²) in [5, 5.41) is 2.93. The zero-order valence-electron chi connectivity index (χ0n) is 19.8. The van der Waals surface area contributed by atoms with Crippen molar-refractivity contribution in [1.82, 2.24) is 9.88 Å². The van der Waals surface area contributed by atoms with Crippen LogP contribution in [0.15, 0.2) is 18.3 Å². The van der Waals surface area contributed by atoms with E-state index in [0.717, 1.165) is 11.1 Å². The van der Waals surface area contributed by atoms with E-state index in [1.807, 2.05) is 47.6 Å². The van der Waals surface area contributed by atoms with Crippen LogP contribution in [0.1, 0.15) is 65.5 Å². The van der Waals surface area contributed by atoms with Crippen LogP contribution < -0.4 is 5.32 Å². The number of hydrogen-bond acceptors (Lipinski definition) is 6. The van der Waals surface area contributed by atoms with E-state index in [0.29, 0.717) is 38.2 Å². The van der Waals surface area contributed by atoms with Crippen LogP contribution in [0, 0.1) is 5.41 Å². The number of esters is 1. The Bertz CT molecular complexity index is 932. The number of aromatic nitrogens is 1. The fourth-order valence-corrected chi connectivity index (χ4v) is 3.90. The molecule has 1 saturated heterocycles. The largest absolute Gasteiger partial charge is 0.457 e. The summed E-state index contributed by atoms with van der Waals surface area (Å²) >= 11 is 0. The third-order valence-electron chi connectivity index (χ3n) is 5.42. The van der Waals surface area contributed by atoms with Crippen LogP contribution in [-0.4, -0.2) is 52.1 Å². The van der Waals surface area contributed by atoms with Crippen LogP contribution >= 0.6 is 0 Å². The number of likely N-dealkylation sites (tertiary alicyclic amines) is 1. The lowest BCUT2D eigenvalue weighted by Gasteiger charge is -2.43. The molecule has 0 saturated carbocycles. The van der Waals surface area contributed by atoms with Crippen molar-refractivity contribution in [2.24, 2.45) is 5.41 Å². The number of nitrogens with zero attached hydrogens (tertiary/aromatic N) is 2. The number of fused-ring (bicyclic) bond motifs is 1. The van der Waals surface area contributed by atoms with Gasteiger partial charge >= 0.3 is 12.1 Å². The first-order chi connectivity index (χ1) is 14.8. The van der Waals surface area contributed by atoms with Crippen molar-refractivity contribution in [3.8, 4) is 0 Å². The second-order valence-electron chi connectivity index (χ2n) is 10.5. The molecule has 0 unspecified atom stereocenters. The smallest absolute Gasteiger partial charge is 0.410 e. The molecule has 2 aliphatic rings. The second-order valence-corrected chi connectivity index (χ2v) is 10.5. The molecule has 2 aliphatic heterocycles. The molecule has 1 aromatic heterocycles. The van der Waals surface area contributed by atoms with E-state index in [1.54, 1.807) is 17.2 Å². The van der Waals surface area contributed by atoms with Crippen LogP contribution in [-0.2, 0) is 25.5 Å². The zero-order chi connectivity index (χ0) is 23.7. The van der Waals surface area contributed by atoms with E-state index < -0.39 is 22.6 Å². The maximum atomic E-state index is 12.9.